The molecule has 7 heteroatoms. The van der Waals surface area contributed by atoms with E-state index < -0.39 is 0 Å². The third-order valence-electron chi connectivity index (χ3n) is 1.93. The first-order valence-electron chi connectivity index (χ1n) is 6.04. The van der Waals surface area contributed by atoms with Crippen LogP contribution in [0.4, 0.5) is 5.95 Å². The summed E-state index contributed by atoms with van der Waals surface area (Å²) < 4.78 is 15.6. The first-order chi connectivity index (χ1) is 8.80. The number of nitrogens with zero attached hydrogens (tertiary/aromatic N) is 3. The highest BCUT2D eigenvalue weighted by Gasteiger charge is 2.07. The molecule has 0 saturated heterocycles. The Bertz CT molecular complexity index is 325. The van der Waals surface area contributed by atoms with Crippen molar-refractivity contribution in [2.45, 2.75) is 20.3 Å². The average Bonchev–Trinajstić information content (AvgIpc) is 2.35. The topological polar surface area (TPSA) is 78.4 Å². The summed E-state index contributed by atoms with van der Waals surface area (Å²) in [7, 11) is 1.65. The van der Waals surface area contributed by atoms with Crippen LogP contribution in [-0.2, 0) is 4.74 Å². The summed E-state index contributed by atoms with van der Waals surface area (Å²) in [5.74, 6) is 0.456. The molecule has 1 N–H and O–H groups in total. The van der Waals surface area contributed by atoms with Gasteiger partial charge in [0.25, 0.3) is 0 Å². The number of ether oxygens (including phenoxy) is 3. The summed E-state index contributed by atoms with van der Waals surface area (Å²) in [5, 5.41) is 3.00. The molecular formula is C11H20N4O3. The molecule has 0 saturated carbocycles. The van der Waals surface area contributed by atoms with E-state index in [4.69, 9.17) is 14.2 Å². The molecule has 1 rings (SSSR count). The molecule has 18 heavy (non-hydrogen) atoms. The van der Waals surface area contributed by atoms with Crippen molar-refractivity contribution in [3.63, 3.8) is 0 Å². The van der Waals surface area contributed by atoms with Crippen LogP contribution in [0, 0.1) is 0 Å². The van der Waals surface area contributed by atoms with Crippen LogP contribution < -0.4 is 14.8 Å². The van der Waals surface area contributed by atoms with E-state index in [-0.39, 0.29) is 12.0 Å². The number of hydrogen-bond donors (Lipinski definition) is 1. The predicted molar refractivity (Wildman–Crippen MR) is 67.1 cm³/mol. The lowest BCUT2D eigenvalue weighted by atomic mass is 10.5. The van der Waals surface area contributed by atoms with Crippen molar-refractivity contribution >= 4 is 5.95 Å². The van der Waals surface area contributed by atoms with Crippen molar-refractivity contribution in [1.29, 1.82) is 0 Å². The van der Waals surface area contributed by atoms with E-state index in [0.29, 0.717) is 25.8 Å². The highest BCUT2D eigenvalue weighted by atomic mass is 16.5. The van der Waals surface area contributed by atoms with Crippen molar-refractivity contribution in [3.8, 4) is 12.0 Å². The van der Waals surface area contributed by atoms with Gasteiger partial charge < -0.3 is 19.5 Å². The Hall–Kier alpha value is -1.63. The summed E-state index contributed by atoms with van der Waals surface area (Å²) in [6.45, 7) is 6.19. The highest BCUT2D eigenvalue weighted by Crippen LogP contribution is 2.12. The summed E-state index contributed by atoms with van der Waals surface area (Å²) in [4.78, 5) is 12.3. The Balaban J connectivity index is 2.63. The number of nitrogens with one attached hydrogen (secondary N) is 1. The van der Waals surface area contributed by atoms with Crippen LogP contribution in [0.1, 0.15) is 20.3 Å². The Labute approximate surface area is 107 Å². The largest absolute Gasteiger partial charge is 0.464 e. The number of rotatable bonds is 9. The van der Waals surface area contributed by atoms with Crippen molar-refractivity contribution in [2.24, 2.45) is 0 Å². The van der Waals surface area contributed by atoms with Gasteiger partial charge in [-0.1, -0.05) is 0 Å². The van der Waals surface area contributed by atoms with Crippen molar-refractivity contribution in [3.05, 3.63) is 0 Å². The molecule has 0 aromatic carbocycles. The molecule has 0 aliphatic heterocycles. The fraction of sp³-hybridized carbons (Fsp3) is 0.727. The normalized spacial score (nSPS) is 10.2. The summed E-state index contributed by atoms with van der Waals surface area (Å²) in [6, 6.07) is 0.533. The molecule has 1 aromatic rings. The zero-order valence-corrected chi connectivity index (χ0v) is 11.1. The van der Waals surface area contributed by atoms with Gasteiger partial charge in [0.05, 0.1) is 13.2 Å². The van der Waals surface area contributed by atoms with Crippen LogP contribution in [0.2, 0.25) is 0 Å². The van der Waals surface area contributed by atoms with E-state index >= 15 is 0 Å². The quantitative estimate of drug-likeness (QED) is 0.663. The maximum Gasteiger partial charge on any atom is 0.324 e. The number of aromatic nitrogens is 3. The molecule has 0 radical (unpaired) electrons. The minimum absolute atomic E-state index is 0.264. The van der Waals surface area contributed by atoms with E-state index in [1.807, 2.05) is 13.8 Å². The van der Waals surface area contributed by atoms with Gasteiger partial charge in [0.1, 0.15) is 0 Å². The first kappa shape index (κ1) is 14.4. The fourth-order valence-electron chi connectivity index (χ4n) is 1.20. The minimum atomic E-state index is 0.264. The van der Waals surface area contributed by atoms with Crippen molar-refractivity contribution in [2.75, 3.05) is 38.8 Å². The van der Waals surface area contributed by atoms with Crippen LogP contribution in [0.5, 0.6) is 12.0 Å². The summed E-state index contributed by atoms with van der Waals surface area (Å²) in [5.41, 5.74) is 0. The molecule has 0 unspecified atom stereocenters. The molecule has 0 spiro atoms. The molecule has 1 heterocycles. The Morgan fingerprint density at radius 3 is 2.33 bits per heavy atom. The zero-order valence-electron chi connectivity index (χ0n) is 11.1. The lowest BCUT2D eigenvalue weighted by Crippen LogP contribution is -2.10. The third kappa shape index (κ3) is 5.13. The zero-order chi connectivity index (χ0) is 13.2. The van der Waals surface area contributed by atoms with Crippen LogP contribution in [-0.4, -0.2) is 48.4 Å². The van der Waals surface area contributed by atoms with Crippen molar-refractivity contribution < 1.29 is 14.2 Å². The fourth-order valence-corrected chi connectivity index (χ4v) is 1.20. The van der Waals surface area contributed by atoms with Gasteiger partial charge in [-0.25, -0.2) is 0 Å². The van der Waals surface area contributed by atoms with E-state index in [1.165, 1.54) is 0 Å². The van der Waals surface area contributed by atoms with Gasteiger partial charge in [-0.2, -0.15) is 9.97 Å². The molecule has 0 fully saturated rings. The van der Waals surface area contributed by atoms with Gasteiger partial charge in [0, 0.05) is 26.7 Å². The number of hydrogen-bond acceptors (Lipinski definition) is 7. The molecule has 0 amide bonds. The SMILES string of the molecule is CCNc1nc(OCC)nc(OCCCOC)n1. The second-order valence-corrected chi connectivity index (χ2v) is 3.38. The first-order valence-corrected chi connectivity index (χ1v) is 6.04. The van der Waals surface area contributed by atoms with E-state index in [2.05, 4.69) is 20.3 Å². The molecule has 0 aliphatic carbocycles. The standard InChI is InChI=1S/C11H20N4O3/c1-4-12-9-13-10(17-5-2)15-11(14-9)18-8-6-7-16-3/h4-8H2,1-3H3,(H,12,13,14,15). The van der Waals surface area contributed by atoms with E-state index in [0.717, 1.165) is 13.0 Å². The van der Waals surface area contributed by atoms with Gasteiger partial charge in [-0.3, -0.25) is 0 Å². The summed E-state index contributed by atoms with van der Waals surface area (Å²) >= 11 is 0. The van der Waals surface area contributed by atoms with E-state index in [9.17, 15) is 0 Å². The predicted octanol–water partition coefficient (Wildman–Crippen LogP) is 1.12. The lowest BCUT2D eigenvalue weighted by molar-refractivity contribution is 0.168. The molecule has 1 aromatic heterocycles. The Morgan fingerprint density at radius 2 is 1.72 bits per heavy atom. The number of anilines is 1. The van der Waals surface area contributed by atoms with Crippen LogP contribution in [0.15, 0.2) is 0 Å². The smallest absolute Gasteiger partial charge is 0.324 e. The molecule has 0 atom stereocenters. The number of methoxy groups -OCH3 is 1. The minimum Gasteiger partial charge on any atom is -0.464 e. The van der Waals surface area contributed by atoms with E-state index in [1.54, 1.807) is 7.11 Å². The summed E-state index contributed by atoms with van der Waals surface area (Å²) in [6.07, 6.45) is 0.780. The molecule has 102 valence electrons. The van der Waals surface area contributed by atoms with Gasteiger partial charge >= 0.3 is 12.0 Å². The van der Waals surface area contributed by atoms with Gasteiger partial charge in [-0.15, -0.1) is 4.98 Å². The van der Waals surface area contributed by atoms with Crippen molar-refractivity contribution in [1.82, 2.24) is 15.0 Å². The molecule has 7 nitrogen and oxygen atoms in total. The van der Waals surface area contributed by atoms with Crippen LogP contribution in [0.25, 0.3) is 0 Å². The lowest BCUT2D eigenvalue weighted by Gasteiger charge is -2.08. The monoisotopic (exact) mass is 256 g/mol. The molecule has 0 aliphatic rings. The maximum atomic E-state index is 5.42. The van der Waals surface area contributed by atoms with Crippen LogP contribution >= 0.6 is 0 Å². The molecule has 0 bridgehead atoms. The van der Waals surface area contributed by atoms with Crippen LogP contribution in [0.3, 0.4) is 0 Å². The van der Waals surface area contributed by atoms with Gasteiger partial charge in [0.2, 0.25) is 5.95 Å². The maximum absolute atomic E-state index is 5.42. The van der Waals surface area contributed by atoms with Gasteiger partial charge in [-0.05, 0) is 13.8 Å². The average molecular weight is 256 g/mol. The Kier molecular flexibility index (Phi) is 6.78. The highest BCUT2D eigenvalue weighted by molar-refractivity contribution is 5.27. The second kappa shape index (κ2) is 8.46. The third-order valence-corrected chi connectivity index (χ3v) is 1.93. The molecular weight excluding hydrogens is 236 g/mol. The van der Waals surface area contributed by atoms with Gasteiger partial charge in [0.15, 0.2) is 0 Å². The Morgan fingerprint density at radius 1 is 1.00 bits per heavy atom. The second-order valence-electron chi connectivity index (χ2n) is 3.38.